The second kappa shape index (κ2) is 4.46. The van der Waals surface area contributed by atoms with E-state index in [4.69, 9.17) is 5.11 Å². The molecule has 0 aliphatic heterocycles. The highest BCUT2D eigenvalue weighted by atomic mass is 32.2. The van der Waals surface area contributed by atoms with E-state index in [1.54, 1.807) is 0 Å². The summed E-state index contributed by atoms with van der Waals surface area (Å²) in [7, 11) is -4.38. The smallest absolute Gasteiger partial charge is 0.416 e. The van der Waals surface area contributed by atoms with Gasteiger partial charge in [0, 0.05) is 0 Å². The summed E-state index contributed by atoms with van der Waals surface area (Å²) in [5.74, 6) is -1.59. The lowest BCUT2D eigenvalue weighted by Crippen LogP contribution is -2.23. The van der Waals surface area contributed by atoms with Crippen molar-refractivity contribution in [3.63, 3.8) is 0 Å². The molecule has 0 saturated heterocycles. The molecule has 0 saturated carbocycles. The largest absolute Gasteiger partial charge is 0.478 e. The minimum absolute atomic E-state index is 0.355. The van der Waals surface area contributed by atoms with Crippen LogP contribution in [0.2, 0.25) is 0 Å². The highest BCUT2D eigenvalue weighted by Gasteiger charge is 2.31. The van der Waals surface area contributed by atoms with Crippen molar-refractivity contribution in [2.75, 3.05) is 4.72 Å². The van der Waals surface area contributed by atoms with E-state index >= 15 is 0 Å². The Morgan fingerprint density at radius 1 is 1.33 bits per heavy atom. The van der Waals surface area contributed by atoms with E-state index in [1.807, 2.05) is 0 Å². The van der Waals surface area contributed by atoms with Gasteiger partial charge in [-0.1, -0.05) is 0 Å². The first-order valence-corrected chi connectivity index (χ1v) is 5.80. The number of hydrogen-bond donors (Lipinski definition) is 3. The molecule has 100 valence electrons. The van der Waals surface area contributed by atoms with Crippen molar-refractivity contribution >= 4 is 21.9 Å². The lowest BCUT2D eigenvalue weighted by molar-refractivity contribution is -0.137. The molecule has 10 heteroatoms. The number of hydrogen-bond acceptors (Lipinski definition) is 3. The van der Waals surface area contributed by atoms with Gasteiger partial charge in [0.15, 0.2) is 0 Å². The predicted octanol–water partition coefficient (Wildman–Crippen LogP) is 1.02. The van der Waals surface area contributed by atoms with Gasteiger partial charge in [-0.15, -0.1) is 0 Å². The van der Waals surface area contributed by atoms with Crippen molar-refractivity contribution in [3.8, 4) is 0 Å². The van der Waals surface area contributed by atoms with Crippen molar-refractivity contribution in [3.05, 3.63) is 29.3 Å². The lowest BCUT2D eigenvalue weighted by atomic mass is 10.1. The molecule has 0 spiro atoms. The van der Waals surface area contributed by atoms with Gasteiger partial charge in [-0.25, -0.2) is 9.93 Å². The predicted molar refractivity (Wildman–Crippen MR) is 55.1 cm³/mol. The Labute approximate surface area is 99.4 Å². The van der Waals surface area contributed by atoms with Crippen LogP contribution in [-0.2, 0) is 16.4 Å². The minimum atomic E-state index is -4.73. The molecular formula is C8H7F3N2O4S. The average Bonchev–Trinajstić information content (AvgIpc) is 2.12. The van der Waals surface area contributed by atoms with Crippen LogP contribution in [0.25, 0.3) is 0 Å². The molecule has 0 heterocycles. The SMILES string of the molecule is NS(=O)(=O)Nc1cc(C(F)(F)F)ccc1C(=O)O. The summed E-state index contributed by atoms with van der Waals surface area (Å²) in [5.41, 5.74) is -2.59. The number of carboxylic acid groups (broad SMARTS) is 1. The number of aromatic carboxylic acids is 1. The van der Waals surface area contributed by atoms with E-state index in [-0.39, 0.29) is 0 Å². The molecule has 0 aliphatic rings. The van der Waals surface area contributed by atoms with Crippen LogP contribution in [0.5, 0.6) is 0 Å². The van der Waals surface area contributed by atoms with Gasteiger partial charge in [0.1, 0.15) is 0 Å². The number of nitrogens with one attached hydrogen (secondary N) is 1. The third-order valence-corrected chi connectivity index (χ3v) is 2.33. The third-order valence-electron chi connectivity index (χ3n) is 1.83. The summed E-state index contributed by atoms with van der Waals surface area (Å²) in [6, 6.07) is 1.52. The fraction of sp³-hybridized carbons (Fsp3) is 0.125. The molecule has 0 fully saturated rings. The van der Waals surface area contributed by atoms with Crippen molar-refractivity contribution in [1.82, 2.24) is 0 Å². The van der Waals surface area contributed by atoms with E-state index in [9.17, 15) is 26.4 Å². The summed E-state index contributed by atoms with van der Waals surface area (Å²) in [6.45, 7) is 0. The highest BCUT2D eigenvalue weighted by molar-refractivity contribution is 7.90. The topological polar surface area (TPSA) is 109 Å². The molecule has 0 aromatic heterocycles. The molecule has 6 nitrogen and oxygen atoms in total. The number of alkyl halides is 3. The molecule has 0 aliphatic carbocycles. The monoisotopic (exact) mass is 284 g/mol. The zero-order chi connectivity index (χ0) is 14.1. The van der Waals surface area contributed by atoms with Gasteiger partial charge in [0.2, 0.25) is 0 Å². The normalized spacial score (nSPS) is 12.2. The molecule has 18 heavy (non-hydrogen) atoms. The molecular weight excluding hydrogens is 277 g/mol. The zero-order valence-corrected chi connectivity index (χ0v) is 9.34. The molecule has 0 atom stereocenters. The lowest BCUT2D eigenvalue weighted by Gasteiger charge is -2.11. The first-order chi connectivity index (χ1) is 8.00. The van der Waals surface area contributed by atoms with Crippen LogP contribution in [0.15, 0.2) is 18.2 Å². The average molecular weight is 284 g/mol. The molecule has 0 radical (unpaired) electrons. The first kappa shape index (κ1) is 14.3. The van der Waals surface area contributed by atoms with Gasteiger partial charge in [-0.05, 0) is 18.2 Å². The Balaban J connectivity index is 3.38. The van der Waals surface area contributed by atoms with Crippen LogP contribution < -0.4 is 9.86 Å². The Morgan fingerprint density at radius 3 is 2.28 bits per heavy atom. The summed E-state index contributed by atoms with van der Waals surface area (Å²) >= 11 is 0. The Bertz CT molecular complexity index is 582. The summed E-state index contributed by atoms with van der Waals surface area (Å²) in [5, 5.41) is 13.3. The standard InChI is InChI=1S/C8H7F3N2O4S/c9-8(10,11)4-1-2-5(7(14)15)6(3-4)13-18(12,16)17/h1-3,13H,(H,14,15)(H2,12,16,17). The van der Waals surface area contributed by atoms with Crippen LogP contribution in [0.1, 0.15) is 15.9 Å². The van der Waals surface area contributed by atoms with Crippen LogP contribution in [0, 0.1) is 0 Å². The molecule has 0 unspecified atom stereocenters. The van der Waals surface area contributed by atoms with E-state index in [2.05, 4.69) is 5.14 Å². The summed E-state index contributed by atoms with van der Waals surface area (Å²) in [4.78, 5) is 10.7. The Morgan fingerprint density at radius 2 is 1.89 bits per heavy atom. The maximum atomic E-state index is 12.4. The second-order valence-corrected chi connectivity index (χ2v) is 4.50. The van der Waals surface area contributed by atoms with Gasteiger partial charge in [0.25, 0.3) is 10.2 Å². The van der Waals surface area contributed by atoms with E-state index < -0.39 is 39.2 Å². The maximum absolute atomic E-state index is 12.4. The van der Waals surface area contributed by atoms with Gasteiger partial charge in [0.05, 0.1) is 16.8 Å². The quantitative estimate of drug-likeness (QED) is 0.769. The van der Waals surface area contributed by atoms with Crippen LogP contribution in [-0.4, -0.2) is 19.5 Å². The van der Waals surface area contributed by atoms with Crippen LogP contribution in [0.4, 0.5) is 18.9 Å². The van der Waals surface area contributed by atoms with E-state index in [0.29, 0.717) is 18.2 Å². The zero-order valence-electron chi connectivity index (χ0n) is 8.52. The van der Waals surface area contributed by atoms with Gasteiger partial charge in [-0.3, -0.25) is 4.72 Å². The number of benzene rings is 1. The fourth-order valence-corrected chi connectivity index (χ4v) is 1.62. The van der Waals surface area contributed by atoms with Gasteiger partial charge in [-0.2, -0.15) is 21.6 Å². The molecule has 1 aromatic carbocycles. The molecule has 1 aromatic rings. The van der Waals surface area contributed by atoms with Crippen molar-refractivity contribution < 1.29 is 31.5 Å². The van der Waals surface area contributed by atoms with E-state index in [0.717, 1.165) is 0 Å². The highest BCUT2D eigenvalue weighted by Crippen LogP contribution is 2.32. The van der Waals surface area contributed by atoms with Crippen molar-refractivity contribution in [1.29, 1.82) is 0 Å². The molecule has 0 bridgehead atoms. The fourth-order valence-electron chi connectivity index (χ4n) is 1.14. The second-order valence-electron chi connectivity index (χ2n) is 3.21. The first-order valence-electron chi connectivity index (χ1n) is 4.26. The summed E-state index contributed by atoms with van der Waals surface area (Å²) in [6.07, 6.45) is -4.73. The van der Waals surface area contributed by atoms with Crippen LogP contribution >= 0.6 is 0 Å². The van der Waals surface area contributed by atoms with Crippen molar-refractivity contribution in [2.45, 2.75) is 6.18 Å². The number of rotatable bonds is 3. The number of nitrogens with two attached hydrogens (primary N) is 1. The van der Waals surface area contributed by atoms with Gasteiger partial charge < -0.3 is 5.11 Å². The Kier molecular flexibility index (Phi) is 3.53. The number of halogens is 3. The van der Waals surface area contributed by atoms with Crippen LogP contribution in [0.3, 0.4) is 0 Å². The minimum Gasteiger partial charge on any atom is -0.478 e. The number of carbonyl (C=O) groups is 1. The maximum Gasteiger partial charge on any atom is 0.416 e. The number of carboxylic acids is 1. The molecule has 0 amide bonds. The van der Waals surface area contributed by atoms with E-state index in [1.165, 1.54) is 4.72 Å². The molecule has 4 N–H and O–H groups in total. The third kappa shape index (κ3) is 3.60. The van der Waals surface area contributed by atoms with Crippen molar-refractivity contribution in [2.24, 2.45) is 5.14 Å². The molecule has 1 rings (SSSR count). The van der Waals surface area contributed by atoms with Gasteiger partial charge >= 0.3 is 12.1 Å². The number of anilines is 1. The summed E-state index contributed by atoms with van der Waals surface area (Å²) < 4.78 is 60.1. The Hall–Kier alpha value is -1.81.